The third-order valence-corrected chi connectivity index (χ3v) is 3.54. The van der Waals surface area contributed by atoms with Crippen LogP contribution in [0.4, 0.5) is 5.69 Å². The molecule has 0 spiro atoms. The molecule has 2 unspecified atom stereocenters. The maximum absolute atomic E-state index is 6.19. The summed E-state index contributed by atoms with van der Waals surface area (Å²) in [5.74, 6) is 0. The number of hydrogen-bond acceptors (Lipinski definition) is 3. The van der Waals surface area contributed by atoms with Gasteiger partial charge in [-0.25, -0.2) is 0 Å². The van der Waals surface area contributed by atoms with Gasteiger partial charge in [-0.05, 0) is 32.0 Å². The van der Waals surface area contributed by atoms with E-state index in [1.807, 2.05) is 18.2 Å². The maximum atomic E-state index is 6.19. The summed E-state index contributed by atoms with van der Waals surface area (Å²) in [6.45, 7) is 5.89. The molecule has 0 radical (unpaired) electrons. The average molecular weight is 285 g/mol. The van der Waals surface area contributed by atoms with E-state index in [4.69, 9.17) is 34.3 Å². The fourth-order valence-corrected chi connectivity index (χ4v) is 2.80. The van der Waals surface area contributed by atoms with Crippen LogP contribution < -0.4 is 10.6 Å². The molecule has 1 heterocycles. The van der Waals surface area contributed by atoms with Crippen LogP contribution in [0.15, 0.2) is 18.2 Å². The van der Waals surface area contributed by atoms with Crippen molar-refractivity contribution < 1.29 is 4.74 Å². The van der Waals surface area contributed by atoms with Gasteiger partial charge < -0.3 is 15.4 Å². The lowest BCUT2D eigenvalue weighted by atomic mass is 10.1. The quantitative estimate of drug-likeness (QED) is 0.847. The van der Waals surface area contributed by atoms with E-state index < -0.39 is 0 Å². The number of hydrogen-bond donors (Lipinski definition) is 1. The molecule has 0 aromatic heterocycles. The van der Waals surface area contributed by atoms with E-state index >= 15 is 0 Å². The third-order valence-electron chi connectivity index (χ3n) is 3.00. The molecule has 1 fully saturated rings. The Morgan fingerprint density at radius 1 is 1.39 bits per heavy atom. The van der Waals surface area contributed by atoms with Gasteiger partial charge in [0.15, 0.2) is 0 Å². The van der Waals surface area contributed by atoms with Crippen molar-refractivity contribution >= 4 is 34.5 Å². The molecule has 98 valence electrons. The smallest absolute Gasteiger partial charge is 0.105 e. The van der Waals surface area contributed by atoms with Gasteiger partial charge in [0, 0.05) is 24.3 Å². The summed E-state index contributed by atoms with van der Waals surface area (Å²) in [4.78, 5) is 2.60. The standard InChI is InChI=1S/C13H17ClN2OS/c1-8-6-16(7-9(2)17-8)10-3-4-11(13(15)18)12(14)5-10/h3-5,8-9H,6-7H2,1-2H3,(H2,15,18). The highest BCUT2D eigenvalue weighted by molar-refractivity contribution is 7.80. The van der Waals surface area contributed by atoms with Crippen LogP contribution in [0, 0.1) is 0 Å². The molecule has 0 aliphatic carbocycles. The third kappa shape index (κ3) is 2.94. The van der Waals surface area contributed by atoms with Gasteiger partial charge in [-0.3, -0.25) is 0 Å². The maximum Gasteiger partial charge on any atom is 0.105 e. The molecule has 18 heavy (non-hydrogen) atoms. The van der Waals surface area contributed by atoms with Gasteiger partial charge in [0.1, 0.15) is 4.99 Å². The molecule has 2 atom stereocenters. The van der Waals surface area contributed by atoms with Gasteiger partial charge in [-0.15, -0.1) is 0 Å². The Morgan fingerprint density at radius 2 is 2.00 bits per heavy atom. The van der Waals surface area contributed by atoms with Gasteiger partial charge >= 0.3 is 0 Å². The van der Waals surface area contributed by atoms with Gasteiger partial charge in [-0.1, -0.05) is 23.8 Å². The average Bonchev–Trinajstić information content (AvgIpc) is 2.26. The second-order valence-electron chi connectivity index (χ2n) is 4.69. The highest BCUT2D eigenvalue weighted by Gasteiger charge is 2.22. The zero-order chi connectivity index (χ0) is 13.3. The molecule has 5 heteroatoms. The molecule has 1 aliphatic rings. The molecule has 1 aliphatic heterocycles. The summed E-state index contributed by atoms with van der Waals surface area (Å²) < 4.78 is 5.71. The number of nitrogens with zero attached hydrogens (tertiary/aromatic N) is 1. The van der Waals surface area contributed by atoms with Gasteiger partial charge in [0.25, 0.3) is 0 Å². The first-order valence-corrected chi connectivity index (χ1v) is 6.75. The molecule has 2 rings (SSSR count). The van der Waals surface area contributed by atoms with E-state index in [0.717, 1.165) is 24.3 Å². The van der Waals surface area contributed by atoms with E-state index in [1.54, 1.807) is 0 Å². The molecular weight excluding hydrogens is 268 g/mol. The van der Waals surface area contributed by atoms with Crippen LogP contribution >= 0.6 is 23.8 Å². The highest BCUT2D eigenvalue weighted by atomic mass is 35.5. The van der Waals surface area contributed by atoms with E-state index in [1.165, 1.54) is 0 Å². The topological polar surface area (TPSA) is 38.5 Å². The Bertz CT molecular complexity index is 456. The van der Waals surface area contributed by atoms with Crippen molar-refractivity contribution in [3.05, 3.63) is 28.8 Å². The molecule has 1 aromatic carbocycles. The molecule has 0 amide bonds. The van der Waals surface area contributed by atoms with Crippen molar-refractivity contribution in [3.63, 3.8) is 0 Å². The van der Waals surface area contributed by atoms with Crippen LogP contribution in [0.25, 0.3) is 0 Å². The minimum Gasteiger partial charge on any atom is -0.389 e. The molecule has 0 bridgehead atoms. The van der Waals surface area contributed by atoms with Crippen LogP contribution in [0.1, 0.15) is 19.4 Å². The predicted octanol–water partition coefficient (Wildman–Crippen LogP) is 2.59. The Labute approximate surface area is 118 Å². The first kappa shape index (κ1) is 13.6. The van der Waals surface area contributed by atoms with E-state index in [2.05, 4.69) is 18.7 Å². The van der Waals surface area contributed by atoms with Crippen LogP contribution in [0.3, 0.4) is 0 Å². The number of thiocarbonyl (C=S) groups is 1. The fraction of sp³-hybridized carbons (Fsp3) is 0.462. The minimum atomic E-state index is 0.225. The lowest BCUT2D eigenvalue weighted by Crippen LogP contribution is -2.45. The minimum absolute atomic E-state index is 0.225. The van der Waals surface area contributed by atoms with Crippen molar-refractivity contribution in [2.45, 2.75) is 26.1 Å². The summed E-state index contributed by atoms with van der Waals surface area (Å²) in [5, 5.41) is 0.604. The largest absolute Gasteiger partial charge is 0.389 e. The molecule has 0 saturated carbocycles. The van der Waals surface area contributed by atoms with E-state index in [0.29, 0.717) is 10.0 Å². The van der Waals surface area contributed by atoms with Crippen LogP contribution in [-0.2, 0) is 4.74 Å². The van der Waals surface area contributed by atoms with Gasteiger partial charge in [0.2, 0.25) is 0 Å². The number of rotatable bonds is 2. The van der Waals surface area contributed by atoms with Crippen molar-refractivity contribution in [2.75, 3.05) is 18.0 Å². The lowest BCUT2D eigenvalue weighted by Gasteiger charge is -2.37. The van der Waals surface area contributed by atoms with Crippen molar-refractivity contribution in [1.82, 2.24) is 0 Å². The van der Waals surface area contributed by atoms with Crippen LogP contribution in [-0.4, -0.2) is 30.3 Å². The number of ether oxygens (including phenoxy) is 1. The normalized spacial score (nSPS) is 24.1. The van der Waals surface area contributed by atoms with E-state index in [9.17, 15) is 0 Å². The van der Waals surface area contributed by atoms with Crippen LogP contribution in [0.5, 0.6) is 0 Å². The second kappa shape index (κ2) is 5.43. The Morgan fingerprint density at radius 3 is 2.50 bits per heavy atom. The summed E-state index contributed by atoms with van der Waals surface area (Å²) in [6.07, 6.45) is 0.450. The first-order chi connectivity index (χ1) is 8.47. The lowest BCUT2D eigenvalue weighted by molar-refractivity contribution is -0.00521. The highest BCUT2D eigenvalue weighted by Crippen LogP contribution is 2.26. The van der Waals surface area contributed by atoms with Crippen LogP contribution in [0.2, 0.25) is 5.02 Å². The summed E-state index contributed by atoms with van der Waals surface area (Å²) in [5.41, 5.74) is 7.41. The summed E-state index contributed by atoms with van der Waals surface area (Å²) in [7, 11) is 0. The molecule has 2 N–H and O–H groups in total. The monoisotopic (exact) mass is 284 g/mol. The zero-order valence-electron chi connectivity index (χ0n) is 10.5. The molecular formula is C13H17ClN2OS. The second-order valence-corrected chi connectivity index (χ2v) is 5.54. The number of anilines is 1. The number of morpholine rings is 1. The molecule has 1 saturated heterocycles. The molecule has 3 nitrogen and oxygen atoms in total. The fourth-order valence-electron chi connectivity index (χ4n) is 2.29. The predicted molar refractivity (Wildman–Crippen MR) is 79.6 cm³/mol. The summed E-state index contributed by atoms with van der Waals surface area (Å²) in [6, 6.07) is 5.80. The zero-order valence-corrected chi connectivity index (χ0v) is 12.1. The van der Waals surface area contributed by atoms with Crippen molar-refractivity contribution in [1.29, 1.82) is 0 Å². The number of nitrogens with two attached hydrogens (primary N) is 1. The van der Waals surface area contributed by atoms with E-state index in [-0.39, 0.29) is 12.2 Å². The van der Waals surface area contributed by atoms with Gasteiger partial charge in [0.05, 0.1) is 17.2 Å². The Kier molecular flexibility index (Phi) is 4.10. The van der Waals surface area contributed by atoms with Gasteiger partial charge in [-0.2, -0.15) is 0 Å². The van der Waals surface area contributed by atoms with Crippen molar-refractivity contribution in [2.24, 2.45) is 5.73 Å². The molecule has 1 aromatic rings. The van der Waals surface area contributed by atoms with Crippen molar-refractivity contribution in [3.8, 4) is 0 Å². The summed E-state index contributed by atoms with van der Waals surface area (Å²) >= 11 is 11.1. The Hall–Kier alpha value is -0.840. The SMILES string of the molecule is CC1CN(c2ccc(C(N)=S)c(Cl)c2)CC(C)O1. The number of halogens is 1. The Balaban J connectivity index is 2.23. The number of benzene rings is 1. The first-order valence-electron chi connectivity index (χ1n) is 5.97.